The van der Waals surface area contributed by atoms with Crippen molar-refractivity contribution in [3.63, 3.8) is 0 Å². The van der Waals surface area contributed by atoms with Crippen LogP contribution in [0.15, 0.2) is 66.8 Å². The first kappa shape index (κ1) is 22.4. The molecule has 10 nitrogen and oxygen atoms in total. The molecule has 0 atom stereocenters. The summed E-state index contributed by atoms with van der Waals surface area (Å²) in [6.07, 6.45) is 7.02. The fraction of sp³-hybridized carbons (Fsp3) is 0.115. The molecule has 5 heterocycles. The predicted octanol–water partition coefficient (Wildman–Crippen LogP) is 3.80. The lowest BCUT2D eigenvalue weighted by Gasteiger charge is -2.18. The number of hydrogen-bond donors (Lipinski definition) is 4. The highest BCUT2D eigenvalue weighted by atomic mass is 19.1. The number of carbonyl (C=O) groups is 1. The number of urea groups is 1. The number of pyridine rings is 2. The molecule has 5 aromatic rings. The van der Waals surface area contributed by atoms with Gasteiger partial charge in [-0.05, 0) is 35.4 Å². The van der Waals surface area contributed by atoms with Crippen LogP contribution >= 0.6 is 0 Å². The number of benzene rings is 1. The summed E-state index contributed by atoms with van der Waals surface area (Å²) in [6, 6.07) is 10.1. The molecule has 4 N–H and O–H groups in total. The second-order valence-corrected chi connectivity index (χ2v) is 8.79. The zero-order chi connectivity index (χ0) is 25.5. The molecule has 0 fully saturated rings. The lowest BCUT2D eigenvalue weighted by atomic mass is 10.0. The molecule has 4 aromatic heterocycles. The van der Waals surface area contributed by atoms with Gasteiger partial charge in [0.2, 0.25) is 0 Å². The van der Waals surface area contributed by atoms with E-state index in [9.17, 15) is 9.18 Å². The van der Waals surface area contributed by atoms with Gasteiger partial charge in [0.1, 0.15) is 11.5 Å². The highest BCUT2D eigenvalue weighted by molar-refractivity contribution is 5.96. The summed E-state index contributed by atoms with van der Waals surface area (Å²) in [6.45, 7) is 0.572. The van der Waals surface area contributed by atoms with Crippen LogP contribution in [0.25, 0.3) is 50.4 Å². The van der Waals surface area contributed by atoms with Gasteiger partial charge in [0, 0.05) is 50.4 Å². The third-order valence-electron chi connectivity index (χ3n) is 6.11. The van der Waals surface area contributed by atoms with Crippen molar-refractivity contribution < 1.29 is 9.18 Å². The van der Waals surface area contributed by atoms with Crippen molar-refractivity contribution in [2.45, 2.75) is 0 Å². The molecule has 6 rings (SSSR count). The first-order chi connectivity index (χ1) is 18.0. The number of halogens is 1. The standard InChI is InChI=1S/C26H22FN9O/c1-36(2)26(37)31-16-9-14(11-28-13-16)15-10-19-22(34-35-23(19)30-12-15)25-32-21-18(7-8-29-24(21)33-25)17-5-3-4-6-20(17)27/h3-10,12-13,28H,11H2,1-2H3,(H,31,37)(H,29,32,33)(H,30,34,35). The van der Waals surface area contributed by atoms with E-state index in [2.05, 4.69) is 40.8 Å². The molecule has 184 valence electrons. The monoisotopic (exact) mass is 495 g/mol. The van der Waals surface area contributed by atoms with Crippen molar-refractivity contribution in [3.05, 3.63) is 78.1 Å². The Morgan fingerprint density at radius 3 is 2.81 bits per heavy atom. The Hall–Kier alpha value is -5.06. The van der Waals surface area contributed by atoms with Crippen molar-refractivity contribution in [3.8, 4) is 22.6 Å². The molecule has 0 unspecified atom stereocenters. The number of imidazole rings is 1. The molecular weight excluding hydrogens is 473 g/mol. The Bertz CT molecular complexity index is 1730. The molecular formula is C26H22FN9O. The molecule has 37 heavy (non-hydrogen) atoms. The normalized spacial score (nSPS) is 13.3. The van der Waals surface area contributed by atoms with Crippen LogP contribution in [0.4, 0.5) is 9.18 Å². The number of fused-ring (bicyclic) bond motifs is 2. The summed E-state index contributed by atoms with van der Waals surface area (Å²) in [5.74, 6) is 0.193. The van der Waals surface area contributed by atoms with Gasteiger partial charge in [-0.1, -0.05) is 18.2 Å². The topological polar surface area (TPSA) is 128 Å². The van der Waals surface area contributed by atoms with Crippen LogP contribution in [-0.4, -0.2) is 61.7 Å². The maximum atomic E-state index is 14.5. The minimum atomic E-state index is -0.323. The summed E-state index contributed by atoms with van der Waals surface area (Å²) >= 11 is 0. The third kappa shape index (κ3) is 4.05. The highest BCUT2D eigenvalue weighted by Crippen LogP contribution is 2.32. The number of nitrogens with one attached hydrogen (secondary N) is 4. The van der Waals surface area contributed by atoms with E-state index in [0.717, 1.165) is 16.5 Å². The number of H-pyrrole nitrogens is 2. The van der Waals surface area contributed by atoms with E-state index in [0.29, 0.717) is 51.7 Å². The number of rotatable bonds is 4. The molecule has 1 aliphatic heterocycles. The van der Waals surface area contributed by atoms with Gasteiger partial charge < -0.3 is 20.5 Å². The minimum absolute atomic E-state index is 0.218. The van der Waals surface area contributed by atoms with E-state index in [4.69, 9.17) is 0 Å². The van der Waals surface area contributed by atoms with Gasteiger partial charge in [0.05, 0.1) is 16.6 Å². The lowest BCUT2D eigenvalue weighted by molar-refractivity contribution is 0.220. The number of carbonyl (C=O) groups excluding carboxylic acids is 1. The number of aromatic nitrogens is 6. The first-order valence-corrected chi connectivity index (χ1v) is 11.5. The molecule has 0 saturated carbocycles. The molecule has 1 aliphatic rings. The molecule has 0 saturated heterocycles. The van der Waals surface area contributed by atoms with Crippen LogP contribution in [0.2, 0.25) is 0 Å². The van der Waals surface area contributed by atoms with E-state index in [1.54, 1.807) is 57.0 Å². The summed E-state index contributed by atoms with van der Waals surface area (Å²) < 4.78 is 14.5. The van der Waals surface area contributed by atoms with Crippen LogP contribution in [-0.2, 0) is 0 Å². The van der Waals surface area contributed by atoms with Gasteiger partial charge in [-0.25, -0.2) is 24.1 Å². The third-order valence-corrected chi connectivity index (χ3v) is 6.11. The second-order valence-electron chi connectivity index (χ2n) is 8.79. The Balaban J connectivity index is 1.40. The molecule has 11 heteroatoms. The summed E-state index contributed by atoms with van der Waals surface area (Å²) in [7, 11) is 3.36. The number of nitrogens with zero attached hydrogens (tertiary/aromatic N) is 5. The van der Waals surface area contributed by atoms with Crippen LogP contribution in [0.1, 0.15) is 5.56 Å². The highest BCUT2D eigenvalue weighted by Gasteiger charge is 2.18. The van der Waals surface area contributed by atoms with Crippen LogP contribution in [0.3, 0.4) is 0 Å². The Morgan fingerprint density at radius 1 is 1.11 bits per heavy atom. The van der Waals surface area contributed by atoms with Gasteiger partial charge in [0.15, 0.2) is 17.1 Å². The van der Waals surface area contributed by atoms with Gasteiger partial charge in [-0.15, -0.1) is 0 Å². The Kier molecular flexibility index (Phi) is 5.37. The zero-order valence-corrected chi connectivity index (χ0v) is 20.0. The fourth-order valence-corrected chi connectivity index (χ4v) is 4.23. The minimum Gasteiger partial charge on any atom is -0.385 e. The number of allylic oxidation sites excluding steroid dienone is 1. The van der Waals surface area contributed by atoms with E-state index in [1.165, 1.54) is 11.0 Å². The summed E-state index contributed by atoms with van der Waals surface area (Å²) in [4.78, 5) is 30.3. The van der Waals surface area contributed by atoms with Gasteiger partial charge in [-0.2, -0.15) is 5.10 Å². The molecule has 0 aliphatic carbocycles. The number of aromatic amines is 2. The Labute approximate surface area is 210 Å². The van der Waals surface area contributed by atoms with Gasteiger partial charge in [-0.3, -0.25) is 5.10 Å². The van der Waals surface area contributed by atoms with Crippen molar-refractivity contribution in [1.29, 1.82) is 0 Å². The molecule has 1 aromatic carbocycles. The number of dihydropyridines is 1. The van der Waals surface area contributed by atoms with E-state index >= 15 is 0 Å². The van der Waals surface area contributed by atoms with Crippen LogP contribution in [0, 0.1) is 5.82 Å². The van der Waals surface area contributed by atoms with Crippen molar-refractivity contribution in [1.82, 2.24) is 45.7 Å². The van der Waals surface area contributed by atoms with E-state index in [1.807, 2.05) is 12.1 Å². The number of hydrogen-bond acceptors (Lipinski definition) is 6. The lowest BCUT2D eigenvalue weighted by Crippen LogP contribution is -2.35. The summed E-state index contributed by atoms with van der Waals surface area (Å²) in [5.41, 5.74) is 5.86. The molecule has 2 amide bonds. The van der Waals surface area contributed by atoms with E-state index < -0.39 is 0 Å². The second kappa shape index (κ2) is 8.86. The van der Waals surface area contributed by atoms with Crippen molar-refractivity contribution >= 4 is 33.8 Å². The van der Waals surface area contributed by atoms with Crippen LogP contribution < -0.4 is 10.6 Å². The van der Waals surface area contributed by atoms with Crippen molar-refractivity contribution in [2.75, 3.05) is 20.6 Å². The van der Waals surface area contributed by atoms with Gasteiger partial charge in [0.25, 0.3) is 0 Å². The van der Waals surface area contributed by atoms with E-state index in [-0.39, 0.29) is 11.8 Å². The van der Waals surface area contributed by atoms with Crippen molar-refractivity contribution in [2.24, 2.45) is 0 Å². The summed E-state index contributed by atoms with van der Waals surface area (Å²) in [5, 5.41) is 14.2. The van der Waals surface area contributed by atoms with Crippen LogP contribution in [0.5, 0.6) is 0 Å². The quantitative estimate of drug-likeness (QED) is 0.300. The maximum absolute atomic E-state index is 14.5. The SMILES string of the molecule is CN(C)C(=O)NC1=CNCC(c2cnc3n[nH]c(-c4nc5nccc(-c6ccccc6F)c5[nH]4)c3c2)=C1. The van der Waals surface area contributed by atoms with Gasteiger partial charge >= 0.3 is 6.03 Å². The maximum Gasteiger partial charge on any atom is 0.321 e. The average molecular weight is 496 g/mol. The molecule has 0 bridgehead atoms. The molecule has 0 radical (unpaired) electrons. The first-order valence-electron chi connectivity index (χ1n) is 11.5. The smallest absolute Gasteiger partial charge is 0.321 e. The average Bonchev–Trinajstić information content (AvgIpc) is 3.53. The molecule has 0 spiro atoms. The Morgan fingerprint density at radius 2 is 1.97 bits per heavy atom. The number of amides is 2. The zero-order valence-electron chi connectivity index (χ0n) is 20.0. The largest absolute Gasteiger partial charge is 0.385 e. The predicted molar refractivity (Wildman–Crippen MR) is 138 cm³/mol. The fourth-order valence-electron chi connectivity index (χ4n) is 4.23.